The first-order valence-corrected chi connectivity index (χ1v) is 17.8. The molecule has 2 saturated heterocycles. The summed E-state index contributed by atoms with van der Waals surface area (Å²) in [6.07, 6.45) is 13.2. The molecule has 1 N–H and O–H groups in total. The highest BCUT2D eigenvalue weighted by Crippen LogP contribution is 2.88. The lowest BCUT2D eigenvalue weighted by Gasteiger charge is -2.64. The summed E-state index contributed by atoms with van der Waals surface area (Å²) in [4.78, 5) is 28.5. The first kappa shape index (κ1) is 31.9. The first-order valence-electron chi connectivity index (χ1n) is 17.8. The second kappa shape index (κ2) is 10.1. The molecule has 0 aromatic heterocycles. The van der Waals surface area contributed by atoms with Gasteiger partial charge in [0.15, 0.2) is 5.79 Å². The number of Topliss-reactive ketones (excluding diaryl/α,β-unsaturated/α-hetero) is 1. The number of allylic oxidation sites excluding steroid dienone is 3. The molecule has 1 aromatic carbocycles. The molecule has 0 bridgehead atoms. The van der Waals surface area contributed by atoms with Crippen molar-refractivity contribution in [2.75, 3.05) is 27.4 Å². The number of hydrogen-bond acceptors (Lipinski definition) is 7. The van der Waals surface area contributed by atoms with Gasteiger partial charge in [0.1, 0.15) is 5.78 Å². The quantitative estimate of drug-likeness (QED) is 0.271. The van der Waals surface area contributed by atoms with E-state index in [0.717, 1.165) is 32.1 Å². The molecule has 2 aliphatic heterocycles. The number of methoxy groups -OCH3 is 2. The summed E-state index contributed by atoms with van der Waals surface area (Å²) in [5.74, 6) is -1.03. The van der Waals surface area contributed by atoms with Crippen molar-refractivity contribution in [3.8, 4) is 0 Å². The molecule has 8 rings (SSSR count). The van der Waals surface area contributed by atoms with Gasteiger partial charge in [-0.15, -0.1) is 0 Å². The van der Waals surface area contributed by atoms with Crippen molar-refractivity contribution in [2.24, 2.45) is 50.7 Å². The fourth-order valence-electron chi connectivity index (χ4n) is 12.8. The maximum atomic E-state index is 14.9. The van der Waals surface area contributed by atoms with Gasteiger partial charge in [0.2, 0.25) is 0 Å². The van der Waals surface area contributed by atoms with Gasteiger partial charge in [0.05, 0.1) is 37.9 Å². The number of rotatable bonds is 6. The van der Waals surface area contributed by atoms with Crippen molar-refractivity contribution in [3.63, 3.8) is 0 Å². The highest BCUT2D eigenvalue weighted by atomic mass is 16.7. The molecule has 3 unspecified atom stereocenters. The van der Waals surface area contributed by atoms with Crippen LogP contribution in [-0.4, -0.2) is 55.7 Å². The monoisotopic (exact) mass is 644 g/mol. The molecule has 0 spiro atoms. The maximum Gasteiger partial charge on any atom is 0.309 e. The van der Waals surface area contributed by atoms with Crippen LogP contribution in [0.4, 0.5) is 0 Å². The summed E-state index contributed by atoms with van der Waals surface area (Å²) in [6, 6.07) is 10.5. The summed E-state index contributed by atoms with van der Waals surface area (Å²) < 4.78 is 24.0. The summed E-state index contributed by atoms with van der Waals surface area (Å²) in [7, 11) is 3.05. The van der Waals surface area contributed by atoms with Gasteiger partial charge in [-0.25, -0.2) is 0 Å². The Morgan fingerprint density at radius 1 is 1.06 bits per heavy atom. The number of ether oxygens (including phenoxy) is 4. The molecule has 2 heterocycles. The van der Waals surface area contributed by atoms with Crippen LogP contribution in [0.3, 0.4) is 0 Å². The Kier molecular flexibility index (Phi) is 6.87. The van der Waals surface area contributed by atoms with E-state index in [4.69, 9.17) is 18.9 Å². The van der Waals surface area contributed by atoms with E-state index in [1.165, 1.54) is 18.2 Å². The van der Waals surface area contributed by atoms with Gasteiger partial charge in [-0.2, -0.15) is 0 Å². The molecule has 0 amide bonds. The van der Waals surface area contributed by atoms with Crippen LogP contribution in [0.1, 0.15) is 90.7 Å². The van der Waals surface area contributed by atoms with Crippen molar-refractivity contribution in [1.82, 2.24) is 0 Å². The Bertz CT molecular complexity index is 1550. The van der Waals surface area contributed by atoms with Crippen LogP contribution in [0, 0.1) is 50.7 Å². The van der Waals surface area contributed by atoms with Crippen LogP contribution in [-0.2, 0) is 28.5 Å². The van der Waals surface area contributed by atoms with Crippen LogP contribution in [0.2, 0.25) is 0 Å². The van der Waals surface area contributed by atoms with Crippen LogP contribution < -0.4 is 0 Å². The molecule has 47 heavy (non-hydrogen) atoms. The number of carbonyl (C=O) groups excluding carboxylic acids is 2. The van der Waals surface area contributed by atoms with E-state index in [1.54, 1.807) is 14.0 Å². The fourth-order valence-corrected chi connectivity index (χ4v) is 12.8. The smallest absolute Gasteiger partial charge is 0.309 e. The number of carbonyl (C=O) groups is 2. The van der Waals surface area contributed by atoms with E-state index in [0.29, 0.717) is 31.7 Å². The van der Waals surface area contributed by atoms with Gasteiger partial charge in [0, 0.05) is 37.2 Å². The van der Waals surface area contributed by atoms with Crippen LogP contribution >= 0.6 is 0 Å². The zero-order valence-corrected chi connectivity index (χ0v) is 29.0. The van der Waals surface area contributed by atoms with E-state index in [9.17, 15) is 14.7 Å². The first-order chi connectivity index (χ1) is 22.2. The number of fused-ring (bicyclic) bond motifs is 5. The lowest BCUT2D eigenvalue weighted by molar-refractivity contribution is -0.211. The van der Waals surface area contributed by atoms with Gasteiger partial charge in [-0.05, 0) is 78.6 Å². The third kappa shape index (κ3) is 4.06. The summed E-state index contributed by atoms with van der Waals surface area (Å²) in [5.41, 5.74) is 0.500. The van der Waals surface area contributed by atoms with E-state index in [-0.39, 0.29) is 58.1 Å². The zero-order valence-electron chi connectivity index (χ0n) is 29.0. The second-order valence-corrected chi connectivity index (χ2v) is 17.3. The van der Waals surface area contributed by atoms with E-state index in [1.807, 2.05) is 6.07 Å². The maximum absolute atomic E-state index is 14.9. The van der Waals surface area contributed by atoms with E-state index in [2.05, 4.69) is 63.3 Å². The molecule has 1 aromatic rings. The SMILES string of the molecule is COC(=O)[C@@H](CC1(OC)C[C@](C)(O)CO1)[C@@H]1CCC23CC12C=C[C@@H]1[C@@]2(C)CC=C4C[C@@H](c5ccccc5)OC[C@]4(C)[C@@H]2CC(=O)[C@]13C. The molecule has 254 valence electrons. The van der Waals surface area contributed by atoms with Crippen molar-refractivity contribution in [1.29, 1.82) is 0 Å². The molecule has 7 aliphatic rings. The van der Waals surface area contributed by atoms with Gasteiger partial charge >= 0.3 is 5.97 Å². The van der Waals surface area contributed by atoms with Crippen molar-refractivity contribution < 1.29 is 33.6 Å². The topological polar surface area (TPSA) is 91.3 Å². The van der Waals surface area contributed by atoms with Crippen molar-refractivity contribution >= 4 is 11.8 Å². The Morgan fingerprint density at radius 2 is 1.83 bits per heavy atom. The molecular weight excluding hydrogens is 592 g/mol. The second-order valence-electron chi connectivity index (χ2n) is 17.3. The number of ketones is 1. The number of aliphatic hydroxyl groups is 1. The van der Waals surface area contributed by atoms with Gasteiger partial charge in [-0.3, -0.25) is 9.59 Å². The third-order valence-electron chi connectivity index (χ3n) is 15.2. The van der Waals surface area contributed by atoms with Gasteiger partial charge in [0.25, 0.3) is 0 Å². The highest BCUT2D eigenvalue weighted by Gasteiger charge is 2.85. The van der Waals surface area contributed by atoms with E-state index < -0.39 is 22.7 Å². The average molecular weight is 645 g/mol. The predicted molar refractivity (Wildman–Crippen MR) is 176 cm³/mol. The lowest BCUT2D eigenvalue weighted by Crippen LogP contribution is -2.63. The minimum absolute atomic E-state index is 0.0144. The summed E-state index contributed by atoms with van der Waals surface area (Å²) in [5, 5.41) is 10.8. The molecular formula is C40H52O7. The number of esters is 1. The zero-order chi connectivity index (χ0) is 33.3. The highest BCUT2D eigenvalue weighted by molar-refractivity contribution is 5.89. The molecule has 5 fully saturated rings. The van der Waals surface area contributed by atoms with Crippen LogP contribution in [0.25, 0.3) is 0 Å². The summed E-state index contributed by atoms with van der Waals surface area (Å²) in [6.45, 7) is 9.62. The largest absolute Gasteiger partial charge is 0.469 e. The third-order valence-corrected chi connectivity index (χ3v) is 15.2. The minimum atomic E-state index is -1.05. The normalized spacial score (nSPS) is 49.9. The molecule has 5 aliphatic carbocycles. The molecule has 7 heteroatoms. The number of hydrogen-bond donors (Lipinski definition) is 1. The Morgan fingerprint density at radius 3 is 2.51 bits per heavy atom. The van der Waals surface area contributed by atoms with Gasteiger partial charge < -0.3 is 24.1 Å². The summed E-state index contributed by atoms with van der Waals surface area (Å²) >= 11 is 0. The van der Waals surface area contributed by atoms with Crippen LogP contribution in [0.15, 0.2) is 54.1 Å². The number of benzene rings is 1. The molecule has 0 radical (unpaired) electrons. The molecule has 7 nitrogen and oxygen atoms in total. The average Bonchev–Trinajstić information content (AvgIpc) is 3.49. The Balaban J connectivity index is 1.12. The predicted octanol–water partition coefficient (Wildman–Crippen LogP) is 6.75. The molecule has 12 atom stereocenters. The van der Waals surface area contributed by atoms with Crippen LogP contribution in [0.5, 0.6) is 0 Å². The van der Waals surface area contributed by atoms with Crippen molar-refractivity contribution in [3.05, 3.63) is 59.7 Å². The Labute approximate surface area is 279 Å². The van der Waals surface area contributed by atoms with Crippen molar-refractivity contribution in [2.45, 2.75) is 96.6 Å². The van der Waals surface area contributed by atoms with E-state index >= 15 is 0 Å². The standard InChI is InChI=1S/C40H52O7/c1-34(43)21-40(45-6,47-23-34)20-27(33(42)44-5)28-13-17-39-22-38(28,39)16-14-30-35(2)15-12-26-18-29(25-10-8-7-9-11-25)46-24-36(26,3)31(35)19-32(41)37(30,39)4/h7-12,14,16,27-31,43H,13,15,17-24H2,1-6H3/t27-,28-,29-,30+,31+,34-,35+,36-,37-,38?,39?,40?/m0/s1. The molecule has 3 saturated carbocycles. The minimum Gasteiger partial charge on any atom is -0.469 e. The fraction of sp³-hybridized carbons (Fsp3) is 0.700. The van der Waals surface area contributed by atoms with Gasteiger partial charge in [-0.1, -0.05) is 74.9 Å². The lowest BCUT2D eigenvalue weighted by atomic mass is 9.39. The Hall–Kier alpha value is -2.32.